The fourth-order valence-corrected chi connectivity index (χ4v) is 1.66. The van der Waals surface area contributed by atoms with Gasteiger partial charge in [0.15, 0.2) is 0 Å². The van der Waals surface area contributed by atoms with Gasteiger partial charge in [-0.3, -0.25) is 4.21 Å². The van der Waals surface area contributed by atoms with E-state index < -0.39 is 11.3 Å². The highest BCUT2D eigenvalue weighted by atomic mass is 32.2. The summed E-state index contributed by atoms with van der Waals surface area (Å²) in [5, 5.41) is 3.22. The van der Waals surface area contributed by atoms with Crippen LogP contribution in [0.4, 0.5) is 0 Å². The van der Waals surface area contributed by atoms with Crippen molar-refractivity contribution in [2.75, 3.05) is 19.6 Å². The topological polar surface area (TPSA) is 64.2 Å². The zero-order chi connectivity index (χ0) is 8.10. The molecule has 1 aliphatic rings. The Bertz CT molecular complexity index is 137. The van der Waals surface area contributed by atoms with Crippen LogP contribution in [0.1, 0.15) is 12.8 Å². The Kier molecular flexibility index (Phi) is 3.99. The molecule has 5 heteroatoms. The van der Waals surface area contributed by atoms with Crippen molar-refractivity contribution in [3.63, 3.8) is 0 Å². The second-order valence-corrected chi connectivity index (χ2v) is 3.55. The molecule has 0 amide bonds. The van der Waals surface area contributed by atoms with E-state index in [4.69, 9.17) is 0 Å². The molecule has 0 aromatic rings. The third kappa shape index (κ3) is 3.81. The number of hydrogen-bond acceptors (Lipinski definition) is 3. The number of rotatable bonds is 3. The summed E-state index contributed by atoms with van der Waals surface area (Å²) in [6.07, 6.45) is 2.27. The van der Waals surface area contributed by atoms with Gasteiger partial charge in [0, 0.05) is 17.8 Å². The van der Waals surface area contributed by atoms with Gasteiger partial charge in [0.2, 0.25) is 0 Å². The maximum atomic E-state index is 10.1. The van der Waals surface area contributed by atoms with Crippen molar-refractivity contribution < 1.29 is 8.76 Å². The van der Waals surface area contributed by atoms with Crippen LogP contribution in [-0.2, 0) is 11.3 Å². The first-order chi connectivity index (χ1) is 5.29. The van der Waals surface area contributed by atoms with Crippen molar-refractivity contribution in [1.29, 1.82) is 0 Å². The van der Waals surface area contributed by atoms with Gasteiger partial charge in [-0.2, -0.15) is 0 Å². The quantitative estimate of drug-likeness (QED) is 0.564. The highest BCUT2D eigenvalue weighted by molar-refractivity contribution is 7.77. The van der Waals surface area contributed by atoms with Crippen molar-refractivity contribution in [3.8, 4) is 0 Å². The second-order valence-electron chi connectivity index (χ2n) is 2.80. The van der Waals surface area contributed by atoms with E-state index in [1.54, 1.807) is 0 Å². The summed E-state index contributed by atoms with van der Waals surface area (Å²) >= 11 is -2.10. The molecule has 0 aliphatic carbocycles. The monoisotopic (exact) mass is 177 g/mol. The predicted octanol–water partition coefficient (Wildman–Crippen LogP) is -0.630. The zero-order valence-electron chi connectivity index (χ0n) is 6.34. The molecule has 0 aromatic heterocycles. The lowest BCUT2D eigenvalue weighted by molar-refractivity contribution is 0.374. The smallest absolute Gasteiger partial charge is 0.0181 e. The lowest BCUT2D eigenvalue weighted by Crippen LogP contribution is -2.36. The molecule has 2 unspecified atom stereocenters. The molecule has 0 saturated carbocycles. The molecule has 1 saturated heterocycles. The minimum atomic E-state index is -2.10. The van der Waals surface area contributed by atoms with Gasteiger partial charge in [-0.15, -0.1) is 0 Å². The van der Waals surface area contributed by atoms with E-state index in [-0.39, 0.29) is 0 Å². The first-order valence-electron chi connectivity index (χ1n) is 3.82. The van der Waals surface area contributed by atoms with E-state index in [1.165, 1.54) is 0 Å². The lowest BCUT2D eigenvalue weighted by Gasteiger charge is -2.23. The Labute approximate surface area is 69.2 Å². The Morgan fingerprint density at radius 1 is 1.73 bits per heavy atom. The van der Waals surface area contributed by atoms with E-state index in [1.807, 2.05) is 0 Å². The average molecular weight is 177 g/mol. The molecular weight excluding hydrogens is 164 g/mol. The van der Waals surface area contributed by atoms with Crippen LogP contribution < -0.4 is 10.0 Å². The lowest BCUT2D eigenvalue weighted by atomic mass is 10.0. The molecule has 1 heterocycles. The Morgan fingerprint density at radius 3 is 3.09 bits per heavy atom. The van der Waals surface area contributed by atoms with Gasteiger partial charge in [0.1, 0.15) is 0 Å². The average Bonchev–Trinajstić information content (AvgIpc) is 2.03. The Morgan fingerprint density at radius 2 is 2.55 bits per heavy atom. The summed E-state index contributed by atoms with van der Waals surface area (Å²) in [6, 6.07) is 0. The molecule has 1 rings (SSSR count). The van der Waals surface area contributed by atoms with E-state index >= 15 is 0 Å². The first kappa shape index (κ1) is 9.12. The molecule has 11 heavy (non-hydrogen) atoms. The first-order valence-corrected chi connectivity index (χ1v) is 4.90. The number of hydrogen-bond donors (Lipinski definition) is 2. The van der Waals surface area contributed by atoms with Crippen molar-refractivity contribution in [1.82, 2.24) is 10.0 Å². The van der Waals surface area contributed by atoms with Crippen LogP contribution in [-0.4, -0.2) is 28.4 Å². The normalized spacial score (nSPS) is 28.3. The second kappa shape index (κ2) is 4.82. The van der Waals surface area contributed by atoms with Crippen molar-refractivity contribution in [3.05, 3.63) is 0 Å². The summed E-state index contributed by atoms with van der Waals surface area (Å²) in [5.74, 6) is 0.474. The van der Waals surface area contributed by atoms with Crippen molar-refractivity contribution >= 4 is 11.3 Å². The number of nitrogens with one attached hydrogen (secondary N) is 2. The van der Waals surface area contributed by atoms with Gasteiger partial charge < -0.3 is 9.87 Å². The third-order valence-corrected chi connectivity index (χ3v) is 2.29. The van der Waals surface area contributed by atoms with Gasteiger partial charge >= 0.3 is 0 Å². The van der Waals surface area contributed by atoms with Gasteiger partial charge in [-0.25, -0.2) is 4.72 Å². The van der Waals surface area contributed by atoms with Gasteiger partial charge in [-0.05, 0) is 31.8 Å². The fraction of sp³-hybridized carbons (Fsp3) is 1.00. The molecule has 1 fully saturated rings. The molecule has 0 spiro atoms. The molecule has 66 valence electrons. The largest absolute Gasteiger partial charge is 0.760 e. The van der Waals surface area contributed by atoms with Crippen molar-refractivity contribution in [2.45, 2.75) is 12.8 Å². The fourth-order valence-electron chi connectivity index (χ4n) is 1.28. The zero-order valence-corrected chi connectivity index (χ0v) is 7.15. The predicted molar refractivity (Wildman–Crippen MR) is 42.5 cm³/mol. The highest BCUT2D eigenvalue weighted by Gasteiger charge is 2.11. The van der Waals surface area contributed by atoms with Crippen LogP contribution in [0, 0.1) is 5.92 Å². The summed E-state index contributed by atoms with van der Waals surface area (Å²) in [4.78, 5) is 0. The Hall–Kier alpha value is 0.0300. The third-order valence-electron chi connectivity index (χ3n) is 1.89. The van der Waals surface area contributed by atoms with Crippen LogP contribution in [0.25, 0.3) is 0 Å². The molecule has 0 aromatic carbocycles. The SMILES string of the molecule is O=S([O-])NCC1CCCNC1. The van der Waals surface area contributed by atoms with E-state index in [9.17, 15) is 8.76 Å². The molecular formula is C6H13N2O2S-. The van der Waals surface area contributed by atoms with E-state index in [0.29, 0.717) is 12.5 Å². The van der Waals surface area contributed by atoms with Crippen LogP contribution in [0.5, 0.6) is 0 Å². The van der Waals surface area contributed by atoms with E-state index in [2.05, 4.69) is 10.0 Å². The maximum Gasteiger partial charge on any atom is 0.0181 e. The summed E-state index contributed by atoms with van der Waals surface area (Å²) in [7, 11) is 0. The van der Waals surface area contributed by atoms with Gasteiger partial charge in [0.05, 0.1) is 0 Å². The standard InChI is InChI=1S/C6H14N2O2S/c9-11(10)8-5-6-2-1-3-7-4-6/h6-8H,1-5H2,(H,9,10)/p-1. The molecule has 4 nitrogen and oxygen atoms in total. The van der Waals surface area contributed by atoms with Crippen LogP contribution in [0.2, 0.25) is 0 Å². The van der Waals surface area contributed by atoms with Crippen LogP contribution in [0.3, 0.4) is 0 Å². The summed E-state index contributed by atoms with van der Waals surface area (Å²) in [5.41, 5.74) is 0. The van der Waals surface area contributed by atoms with Crippen LogP contribution >= 0.6 is 0 Å². The minimum absolute atomic E-state index is 0.474. The molecule has 0 bridgehead atoms. The Balaban J connectivity index is 2.09. The minimum Gasteiger partial charge on any atom is -0.760 e. The van der Waals surface area contributed by atoms with Crippen LogP contribution in [0.15, 0.2) is 0 Å². The number of piperidine rings is 1. The van der Waals surface area contributed by atoms with Crippen molar-refractivity contribution in [2.24, 2.45) is 5.92 Å². The summed E-state index contributed by atoms with van der Waals surface area (Å²) < 4.78 is 22.6. The van der Waals surface area contributed by atoms with E-state index in [0.717, 1.165) is 25.9 Å². The maximum absolute atomic E-state index is 10.1. The van der Waals surface area contributed by atoms with Gasteiger partial charge in [-0.1, -0.05) is 0 Å². The van der Waals surface area contributed by atoms with Gasteiger partial charge in [0.25, 0.3) is 0 Å². The molecule has 0 radical (unpaired) electrons. The molecule has 2 N–H and O–H groups in total. The summed E-state index contributed by atoms with van der Waals surface area (Å²) in [6.45, 7) is 2.57. The molecule has 1 aliphatic heterocycles. The highest BCUT2D eigenvalue weighted by Crippen LogP contribution is 2.07. The molecule has 2 atom stereocenters.